The van der Waals surface area contributed by atoms with Gasteiger partial charge in [-0.05, 0) is 48.7 Å². The van der Waals surface area contributed by atoms with E-state index in [2.05, 4.69) is 10.9 Å². The summed E-state index contributed by atoms with van der Waals surface area (Å²) in [5.74, 6) is -0.832. The van der Waals surface area contributed by atoms with Crippen molar-refractivity contribution < 1.29 is 18.7 Å². The van der Waals surface area contributed by atoms with Gasteiger partial charge in [0, 0.05) is 24.7 Å². The van der Waals surface area contributed by atoms with E-state index in [1.807, 2.05) is 41.1 Å². The van der Waals surface area contributed by atoms with Crippen LogP contribution in [-0.4, -0.2) is 22.5 Å². The van der Waals surface area contributed by atoms with Crippen molar-refractivity contribution in [2.75, 3.05) is 0 Å². The van der Waals surface area contributed by atoms with E-state index in [1.54, 1.807) is 0 Å². The van der Waals surface area contributed by atoms with Crippen LogP contribution in [0.25, 0.3) is 10.9 Å². The monoisotopic (exact) mass is 369 g/mol. The minimum atomic E-state index is -0.843. The van der Waals surface area contributed by atoms with Crippen LogP contribution >= 0.6 is 0 Å². The molecule has 1 heterocycles. The number of aromatic nitrogens is 1. The van der Waals surface area contributed by atoms with Gasteiger partial charge in [0.2, 0.25) is 5.91 Å². The second-order valence-corrected chi connectivity index (χ2v) is 6.07. The fraction of sp³-hybridized carbons (Fsp3) is 0.200. The molecule has 27 heavy (non-hydrogen) atoms. The lowest BCUT2D eigenvalue weighted by Gasteiger charge is -2.15. The Balaban J connectivity index is 1.44. The molecule has 3 rings (SSSR count). The molecule has 3 aromatic rings. The summed E-state index contributed by atoms with van der Waals surface area (Å²) >= 11 is 0. The molecule has 140 valence electrons. The first-order chi connectivity index (χ1) is 13.0. The number of halogens is 1. The molecule has 6 nitrogen and oxygen atoms in total. The molecule has 0 spiro atoms. The summed E-state index contributed by atoms with van der Waals surface area (Å²) in [6, 6.07) is 15.2. The van der Waals surface area contributed by atoms with Gasteiger partial charge in [-0.2, -0.15) is 0 Å². The van der Waals surface area contributed by atoms with E-state index in [4.69, 9.17) is 4.74 Å². The van der Waals surface area contributed by atoms with Gasteiger partial charge >= 0.3 is 0 Å². The first-order valence-corrected chi connectivity index (χ1v) is 8.58. The van der Waals surface area contributed by atoms with Crippen molar-refractivity contribution in [3.63, 3.8) is 0 Å². The molecule has 0 aliphatic heterocycles. The van der Waals surface area contributed by atoms with Crippen LogP contribution in [0.15, 0.2) is 60.8 Å². The van der Waals surface area contributed by atoms with Gasteiger partial charge in [-0.15, -0.1) is 0 Å². The number of amides is 2. The van der Waals surface area contributed by atoms with Gasteiger partial charge in [0.05, 0.1) is 0 Å². The average molecular weight is 369 g/mol. The molecule has 1 aromatic heterocycles. The molecule has 0 radical (unpaired) electrons. The summed E-state index contributed by atoms with van der Waals surface area (Å²) in [6.07, 6.45) is 1.30. The fourth-order valence-corrected chi connectivity index (χ4v) is 2.62. The zero-order valence-corrected chi connectivity index (χ0v) is 14.8. The van der Waals surface area contributed by atoms with Crippen LogP contribution in [0.2, 0.25) is 0 Å². The van der Waals surface area contributed by atoms with Gasteiger partial charge in [0.25, 0.3) is 5.91 Å². The summed E-state index contributed by atoms with van der Waals surface area (Å²) in [4.78, 5) is 24.0. The van der Waals surface area contributed by atoms with Gasteiger partial charge in [0.15, 0.2) is 6.10 Å². The Bertz CT molecular complexity index is 937. The molecule has 0 saturated heterocycles. The standard InChI is InChI=1S/C20H20FN3O3/c1-14(27-17-8-6-16(21)7-9-17)20(26)23-22-19(25)11-13-24-12-10-15-4-2-3-5-18(15)24/h2-10,12,14H,11,13H2,1H3,(H,22,25)(H,23,26). The highest BCUT2D eigenvalue weighted by Crippen LogP contribution is 2.15. The fourth-order valence-electron chi connectivity index (χ4n) is 2.62. The molecular formula is C20H20FN3O3. The quantitative estimate of drug-likeness (QED) is 0.657. The van der Waals surface area contributed by atoms with Crippen LogP contribution in [0, 0.1) is 5.82 Å². The minimum Gasteiger partial charge on any atom is -0.481 e. The number of carbonyl (C=O) groups excluding carboxylic acids is 2. The normalized spacial score (nSPS) is 11.8. The molecule has 7 heteroatoms. The van der Waals surface area contributed by atoms with Crippen molar-refractivity contribution in [2.45, 2.75) is 26.0 Å². The van der Waals surface area contributed by atoms with Crippen LogP contribution < -0.4 is 15.6 Å². The molecule has 0 fully saturated rings. The second kappa shape index (κ2) is 8.35. The Morgan fingerprint density at radius 2 is 1.81 bits per heavy atom. The third-order valence-corrected chi connectivity index (χ3v) is 4.08. The highest BCUT2D eigenvalue weighted by molar-refractivity contribution is 5.85. The van der Waals surface area contributed by atoms with Crippen molar-refractivity contribution in [1.82, 2.24) is 15.4 Å². The van der Waals surface area contributed by atoms with Crippen molar-refractivity contribution in [3.05, 3.63) is 66.6 Å². The Hall–Kier alpha value is -3.35. The number of para-hydroxylation sites is 1. The van der Waals surface area contributed by atoms with Crippen LogP contribution in [0.4, 0.5) is 4.39 Å². The average Bonchev–Trinajstić information content (AvgIpc) is 3.09. The number of ether oxygens (including phenoxy) is 1. The zero-order chi connectivity index (χ0) is 19.2. The maximum Gasteiger partial charge on any atom is 0.279 e. The van der Waals surface area contributed by atoms with Crippen LogP contribution in [0.3, 0.4) is 0 Å². The highest BCUT2D eigenvalue weighted by Gasteiger charge is 2.15. The van der Waals surface area contributed by atoms with E-state index in [9.17, 15) is 14.0 Å². The van der Waals surface area contributed by atoms with Gasteiger partial charge in [-0.3, -0.25) is 20.4 Å². The second-order valence-electron chi connectivity index (χ2n) is 6.07. The van der Waals surface area contributed by atoms with Crippen LogP contribution in [0.5, 0.6) is 5.75 Å². The number of nitrogens with one attached hydrogen (secondary N) is 2. The maximum atomic E-state index is 12.9. The molecule has 1 unspecified atom stereocenters. The number of hydrogen-bond donors (Lipinski definition) is 2. The lowest BCUT2D eigenvalue weighted by atomic mass is 10.2. The van der Waals surface area contributed by atoms with E-state index >= 15 is 0 Å². The number of hydrogen-bond acceptors (Lipinski definition) is 3. The van der Waals surface area contributed by atoms with Crippen molar-refractivity contribution in [2.24, 2.45) is 0 Å². The number of rotatable bonds is 6. The van der Waals surface area contributed by atoms with Crippen LogP contribution in [0.1, 0.15) is 13.3 Å². The van der Waals surface area contributed by atoms with Crippen molar-refractivity contribution in [3.8, 4) is 5.75 Å². The molecule has 0 bridgehead atoms. The summed E-state index contributed by atoms with van der Waals surface area (Å²) in [6.45, 7) is 2.04. The summed E-state index contributed by atoms with van der Waals surface area (Å²) in [5, 5.41) is 1.11. The van der Waals surface area contributed by atoms with Crippen molar-refractivity contribution in [1.29, 1.82) is 0 Å². The molecule has 2 amide bonds. The molecule has 0 saturated carbocycles. The third-order valence-electron chi connectivity index (χ3n) is 4.08. The molecule has 2 N–H and O–H groups in total. The zero-order valence-electron chi connectivity index (χ0n) is 14.8. The lowest BCUT2D eigenvalue weighted by Crippen LogP contribution is -2.47. The molecular weight excluding hydrogens is 349 g/mol. The Labute approximate surface area is 155 Å². The topological polar surface area (TPSA) is 72.4 Å². The third kappa shape index (κ3) is 4.84. The van der Waals surface area contributed by atoms with Crippen LogP contribution in [-0.2, 0) is 16.1 Å². The summed E-state index contributed by atoms with van der Waals surface area (Å²) < 4.78 is 20.2. The predicted molar refractivity (Wildman–Crippen MR) is 99.3 cm³/mol. The number of fused-ring (bicyclic) bond motifs is 1. The van der Waals surface area contributed by atoms with Gasteiger partial charge < -0.3 is 9.30 Å². The number of benzene rings is 2. The number of carbonyl (C=O) groups is 2. The van der Waals surface area contributed by atoms with E-state index in [0.29, 0.717) is 12.3 Å². The summed E-state index contributed by atoms with van der Waals surface area (Å²) in [7, 11) is 0. The first kappa shape index (κ1) is 18.4. The lowest BCUT2D eigenvalue weighted by molar-refractivity contribution is -0.132. The van der Waals surface area contributed by atoms with Crippen molar-refractivity contribution >= 4 is 22.7 Å². The molecule has 0 aliphatic rings. The summed E-state index contributed by atoms with van der Waals surface area (Å²) in [5.41, 5.74) is 5.76. The minimum absolute atomic E-state index is 0.214. The van der Waals surface area contributed by atoms with E-state index in [0.717, 1.165) is 10.9 Å². The Morgan fingerprint density at radius 1 is 1.07 bits per heavy atom. The number of hydrazine groups is 1. The van der Waals surface area contributed by atoms with E-state index < -0.39 is 12.0 Å². The molecule has 2 aromatic carbocycles. The number of nitrogens with zero attached hydrogens (tertiary/aromatic N) is 1. The van der Waals surface area contributed by atoms with E-state index in [1.165, 1.54) is 31.2 Å². The van der Waals surface area contributed by atoms with Gasteiger partial charge in [-0.25, -0.2) is 4.39 Å². The Morgan fingerprint density at radius 3 is 2.59 bits per heavy atom. The molecule has 1 atom stereocenters. The van der Waals surface area contributed by atoms with Gasteiger partial charge in [0.1, 0.15) is 11.6 Å². The smallest absolute Gasteiger partial charge is 0.279 e. The molecule has 0 aliphatic carbocycles. The predicted octanol–water partition coefficient (Wildman–Crippen LogP) is 2.79. The first-order valence-electron chi connectivity index (χ1n) is 8.58. The highest BCUT2D eigenvalue weighted by atomic mass is 19.1. The maximum absolute atomic E-state index is 12.9. The SMILES string of the molecule is CC(Oc1ccc(F)cc1)C(=O)NNC(=O)CCn1ccc2ccccc21. The van der Waals surface area contributed by atoms with Gasteiger partial charge in [-0.1, -0.05) is 18.2 Å². The number of aryl methyl sites for hydroxylation is 1. The van der Waals surface area contributed by atoms with E-state index in [-0.39, 0.29) is 18.1 Å². The Kier molecular flexibility index (Phi) is 5.71. The largest absolute Gasteiger partial charge is 0.481 e.